The SMILES string of the molecule is CC(C)(C)[Si](C)(C)OC[C@H]1CCC[C@@]23CCC[C@@H]2[C@@H](CO)C(=O)N13. The van der Waals surface area contributed by atoms with Crippen LogP contribution in [0.15, 0.2) is 0 Å². The van der Waals surface area contributed by atoms with Crippen LogP contribution in [0.3, 0.4) is 0 Å². The summed E-state index contributed by atoms with van der Waals surface area (Å²) < 4.78 is 6.49. The van der Waals surface area contributed by atoms with E-state index in [0.29, 0.717) is 12.5 Å². The molecule has 0 unspecified atom stereocenters. The molecule has 3 fully saturated rings. The highest BCUT2D eigenvalue weighted by Crippen LogP contribution is 2.56. The lowest BCUT2D eigenvalue weighted by Gasteiger charge is -2.48. The largest absolute Gasteiger partial charge is 0.415 e. The highest BCUT2D eigenvalue weighted by molar-refractivity contribution is 6.74. The molecule has 5 heteroatoms. The molecule has 1 aliphatic carbocycles. The summed E-state index contributed by atoms with van der Waals surface area (Å²) in [6.07, 6.45) is 6.77. The van der Waals surface area contributed by atoms with E-state index in [2.05, 4.69) is 38.8 Å². The van der Waals surface area contributed by atoms with Gasteiger partial charge in [0.15, 0.2) is 8.32 Å². The summed E-state index contributed by atoms with van der Waals surface area (Å²) in [6, 6.07) is 0.206. The van der Waals surface area contributed by atoms with E-state index >= 15 is 0 Å². The zero-order valence-corrected chi connectivity index (χ0v) is 17.1. The number of aliphatic hydroxyl groups excluding tert-OH is 1. The van der Waals surface area contributed by atoms with Gasteiger partial charge in [-0.1, -0.05) is 27.2 Å². The lowest BCUT2D eigenvalue weighted by Crippen LogP contribution is -2.57. The first-order valence-electron chi connectivity index (χ1n) is 9.72. The second kappa shape index (κ2) is 6.10. The molecule has 24 heavy (non-hydrogen) atoms. The Balaban J connectivity index is 1.80. The second-order valence-corrected chi connectivity index (χ2v) is 14.5. The van der Waals surface area contributed by atoms with Crippen LogP contribution in [0.1, 0.15) is 59.3 Å². The molecule has 2 aliphatic heterocycles. The number of piperidine rings is 1. The van der Waals surface area contributed by atoms with Crippen molar-refractivity contribution in [1.29, 1.82) is 0 Å². The van der Waals surface area contributed by atoms with Crippen LogP contribution in [0, 0.1) is 11.8 Å². The molecule has 0 aromatic rings. The Morgan fingerprint density at radius 3 is 2.46 bits per heavy atom. The number of nitrogens with zero attached hydrogens (tertiary/aromatic N) is 1. The second-order valence-electron chi connectivity index (χ2n) is 9.72. The fraction of sp³-hybridized carbons (Fsp3) is 0.947. The predicted molar refractivity (Wildman–Crippen MR) is 98.3 cm³/mol. The quantitative estimate of drug-likeness (QED) is 0.786. The van der Waals surface area contributed by atoms with Gasteiger partial charge in [-0.2, -0.15) is 0 Å². The topological polar surface area (TPSA) is 49.8 Å². The third-order valence-corrected chi connectivity index (χ3v) is 12.0. The summed E-state index contributed by atoms with van der Waals surface area (Å²) in [5, 5.41) is 10.00. The first kappa shape index (κ1) is 18.4. The third-order valence-electron chi connectivity index (χ3n) is 7.49. The van der Waals surface area contributed by atoms with E-state index in [1.54, 1.807) is 0 Å². The van der Waals surface area contributed by atoms with Gasteiger partial charge in [0.1, 0.15) is 0 Å². The van der Waals surface area contributed by atoms with Gasteiger partial charge in [0, 0.05) is 5.54 Å². The van der Waals surface area contributed by atoms with E-state index in [0.717, 1.165) is 25.7 Å². The molecule has 138 valence electrons. The number of hydrogen-bond acceptors (Lipinski definition) is 3. The number of rotatable bonds is 4. The molecule has 1 N–H and O–H groups in total. The maximum atomic E-state index is 13.0. The van der Waals surface area contributed by atoms with E-state index in [1.807, 2.05) is 0 Å². The van der Waals surface area contributed by atoms with E-state index in [4.69, 9.17) is 4.43 Å². The van der Waals surface area contributed by atoms with E-state index in [9.17, 15) is 9.90 Å². The number of aliphatic hydroxyl groups is 1. The van der Waals surface area contributed by atoms with Crippen LogP contribution >= 0.6 is 0 Å². The van der Waals surface area contributed by atoms with E-state index in [-0.39, 0.29) is 35.1 Å². The Morgan fingerprint density at radius 2 is 1.88 bits per heavy atom. The molecular weight excluding hydrogens is 318 g/mol. The Kier molecular flexibility index (Phi) is 4.67. The summed E-state index contributed by atoms with van der Waals surface area (Å²) in [5.41, 5.74) is 0.0319. The van der Waals surface area contributed by atoms with Crippen molar-refractivity contribution in [1.82, 2.24) is 4.90 Å². The minimum absolute atomic E-state index is 0.0115. The van der Waals surface area contributed by atoms with Crippen molar-refractivity contribution < 1.29 is 14.3 Å². The van der Waals surface area contributed by atoms with Crippen molar-refractivity contribution in [2.75, 3.05) is 13.2 Å². The number of carbonyl (C=O) groups excluding carboxylic acids is 1. The molecule has 2 saturated heterocycles. The molecule has 0 radical (unpaired) electrons. The Hall–Kier alpha value is -0.393. The molecule has 0 aromatic heterocycles. The Bertz CT molecular complexity index is 501. The normalized spacial score (nSPS) is 36.8. The van der Waals surface area contributed by atoms with E-state index in [1.165, 1.54) is 12.8 Å². The molecule has 1 spiro atoms. The van der Waals surface area contributed by atoms with Crippen molar-refractivity contribution in [3.05, 3.63) is 0 Å². The van der Waals surface area contributed by atoms with Gasteiger partial charge in [0.05, 0.1) is 25.2 Å². The monoisotopic (exact) mass is 353 g/mol. The summed E-state index contributed by atoms with van der Waals surface area (Å²) in [4.78, 5) is 15.2. The number of hydrogen-bond donors (Lipinski definition) is 1. The molecule has 3 rings (SSSR count). The fourth-order valence-corrected chi connectivity index (χ4v) is 6.20. The van der Waals surface area contributed by atoms with Crippen LogP contribution in [0.25, 0.3) is 0 Å². The van der Waals surface area contributed by atoms with E-state index < -0.39 is 8.32 Å². The fourth-order valence-electron chi connectivity index (χ4n) is 5.16. The van der Waals surface area contributed by atoms with Crippen molar-refractivity contribution in [3.8, 4) is 0 Å². The summed E-state index contributed by atoms with van der Waals surface area (Å²) in [6.45, 7) is 12.0. The van der Waals surface area contributed by atoms with Crippen molar-refractivity contribution in [3.63, 3.8) is 0 Å². The van der Waals surface area contributed by atoms with Gasteiger partial charge in [-0.05, 0) is 56.2 Å². The van der Waals surface area contributed by atoms with Gasteiger partial charge in [0.25, 0.3) is 0 Å². The highest BCUT2D eigenvalue weighted by Gasteiger charge is 2.62. The average molecular weight is 354 g/mol. The van der Waals surface area contributed by atoms with Crippen molar-refractivity contribution in [2.24, 2.45) is 11.8 Å². The summed E-state index contributed by atoms with van der Waals surface area (Å²) in [7, 11) is -1.80. The summed E-state index contributed by atoms with van der Waals surface area (Å²) >= 11 is 0. The zero-order valence-electron chi connectivity index (χ0n) is 16.1. The average Bonchev–Trinajstić information content (AvgIpc) is 2.97. The molecule has 3 aliphatic rings. The molecule has 2 heterocycles. The van der Waals surface area contributed by atoms with Crippen LogP contribution in [0.2, 0.25) is 18.1 Å². The van der Waals surface area contributed by atoms with Crippen LogP contribution in [0.4, 0.5) is 0 Å². The number of amides is 1. The minimum Gasteiger partial charge on any atom is -0.415 e. The van der Waals surface area contributed by atoms with Gasteiger partial charge in [-0.3, -0.25) is 4.79 Å². The maximum absolute atomic E-state index is 13.0. The Morgan fingerprint density at radius 1 is 1.25 bits per heavy atom. The van der Waals surface area contributed by atoms with Gasteiger partial charge in [0.2, 0.25) is 5.91 Å². The molecule has 1 amide bonds. The first-order valence-corrected chi connectivity index (χ1v) is 12.6. The van der Waals surface area contributed by atoms with Crippen LogP contribution in [-0.2, 0) is 9.22 Å². The molecule has 4 atom stereocenters. The smallest absolute Gasteiger partial charge is 0.229 e. The zero-order chi connectivity index (χ0) is 17.8. The van der Waals surface area contributed by atoms with Gasteiger partial charge >= 0.3 is 0 Å². The van der Waals surface area contributed by atoms with Crippen LogP contribution in [-0.4, -0.2) is 49.0 Å². The molecule has 4 nitrogen and oxygen atoms in total. The third kappa shape index (κ3) is 2.67. The first-order chi connectivity index (χ1) is 11.1. The minimum atomic E-state index is -1.80. The molecule has 0 aromatic carbocycles. The molecule has 0 bridgehead atoms. The van der Waals surface area contributed by atoms with Gasteiger partial charge in [-0.25, -0.2) is 0 Å². The maximum Gasteiger partial charge on any atom is 0.229 e. The highest BCUT2D eigenvalue weighted by atomic mass is 28.4. The van der Waals surface area contributed by atoms with Crippen molar-refractivity contribution in [2.45, 2.75) is 89.0 Å². The number of carbonyl (C=O) groups is 1. The Labute approximate surface area is 148 Å². The predicted octanol–water partition coefficient (Wildman–Crippen LogP) is 3.55. The van der Waals surface area contributed by atoms with Crippen LogP contribution < -0.4 is 0 Å². The lowest BCUT2D eigenvalue weighted by atomic mass is 9.76. The van der Waals surface area contributed by atoms with Gasteiger partial charge in [-0.15, -0.1) is 0 Å². The molecular formula is C19H35NO3Si. The van der Waals surface area contributed by atoms with Gasteiger partial charge < -0.3 is 14.4 Å². The standard InChI is InChI=1S/C19H35NO3Si/c1-18(2,3)24(4,5)23-13-14-8-6-10-19-11-7-9-16(19)15(12-21)17(22)20(14)19/h14-16,21H,6-13H2,1-5H3/t14-,15-,16-,19-/m1/s1. The van der Waals surface area contributed by atoms with Crippen LogP contribution in [0.5, 0.6) is 0 Å². The molecule has 1 saturated carbocycles. The summed E-state index contributed by atoms with van der Waals surface area (Å²) in [5.74, 6) is 0.400. The van der Waals surface area contributed by atoms with Crippen molar-refractivity contribution >= 4 is 14.2 Å². The lowest BCUT2D eigenvalue weighted by molar-refractivity contribution is -0.141.